The lowest BCUT2D eigenvalue weighted by Crippen LogP contribution is -2.34. The summed E-state index contributed by atoms with van der Waals surface area (Å²) in [6.07, 6.45) is 0. The molecule has 2 nitrogen and oxygen atoms in total. The zero-order valence-electron chi connectivity index (χ0n) is 12.0. The molecule has 0 radical (unpaired) electrons. The number of hydrogen-bond donors (Lipinski definition) is 1. The maximum atomic E-state index is 13.9. The van der Waals surface area contributed by atoms with Crippen LogP contribution in [0.3, 0.4) is 0 Å². The van der Waals surface area contributed by atoms with Gasteiger partial charge in [-0.15, -0.1) is 0 Å². The Hall–Kier alpha value is -0.740. The molecule has 1 saturated heterocycles. The number of nitrogens with zero attached hydrogens (tertiary/aromatic N) is 1. The molecule has 1 aromatic rings. The second kappa shape index (κ2) is 6.62. The summed E-state index contributed by atoms with van der Waals surface area (Å²) in [6, 6.07) is 3.90. The van der Waals surface area contributed by atoms with Crippen molar-refractivity contribution in [3.8, 4) is 0 Å². The van der Waals surface area contributed by atoms with Crippen molar-refractivity contribution >= 4 is 17.4 Å². The average Bonchev–Trinajstić information content (AvgIpc) is 2.42. The van der Waals surface area contributed by atoms with E-state index in [9.17, 15) is 4.39 Å². The smallest absolute Gasteiger partial charge is 0.126 e. The van der Waals surface area contributed by atoms with E-state index < -0.39 is 0 Å². The summed E-state index contributed by atoms with van der Waals surface area (Å²) in [6.45, 7) is 9.04. The summed E-state index contributed by atoms with van der Waals surface area (Å²) in [5.74, 6) is 2.21. The van der Waals surface area contributed by atoms with Crippen LogP contribution in [0.5, 0.6) is 0 Å². The molecule has 19 heavy (non-hydrogen) atoms. The van der Waals surface area contributed by atoms with E-state index in [1.54, 1.807) is 6.07 Å². The van der Waals surface area contributed by atoms with Crippen molar-refractivity contribution in [2.45, 2.75) is 26.8 Å². The highest BCUT2D eigenvalue weighted by molar-refractivity contribution is 7.99. The molecule has 1 fully saturated rings. The van der Waals surface area contributed by atoms with Crippen molar-refractivity contribution in [2.24, 2.45) is 0 Å². The van der Waals surface area contributed by atoms with E-state index in [-0.39, 0.29) is 11.9 Å². The van der Waals surface area contributed by atoms with Gasteiger partial charge >= 0.3 is 0 Å². The number of nitrogens with one attached hydrogen (secondary N) is 1. The van der Waals surface area contributed by atoms with Gasteiger partial charge in [0.1, 0.15) is 5.82 Å². The van der Waals surface area contributed by atoms with Crippen LogP contribution in [0, 0.1) is 12.7 Å². The second-order valence-electron chi connectivity index (χ2n) is 5.04. The Morgan fingerprint density at radius 2 is 2.05 bits per heavy atom. The summed E-state index contributed by atoms with van der Waals surface area (Å²) in [5, 5.41) is 3.39. The quantitative estimate of drug-likeness (QED) is 0.911. The first kappa shape index (κ1) is 14.7. The topological polar surface area (TPSA) is 15.3 Å². The van der Waals surface area contributed by atoms with Crippen LogP contribution < -0.4 is 10.2 Å². The zero-order valence-corrected chi connectivity index (χ0v) is 12.8. The van der Waals surface area contributed by atoms with Gasteiger partial charge in [-0.1, -0.05) is 6.92 Å². The first-order valence-corrected chi connectivity index (χ1v) is 8.15. The van der Waals surface area contributed by atoms with Gasteiger partial charge in [0.05, 0.1) is 0 Å². The maximum absolute atomic E-state index is 13.9. The van der Waals surface area contributed by atoms with Crippen molar-refractivity contribution in [2.75, 3.05) is 36.0 Å². The van der Waals surface area contributed by atoms with Crippen LogP contribution in [0.2, 0.25) is 0 Å². The van der Waals surface area contributed by atoms with Gasteiger partial charge in [0.2, 0.25) is 0 Å². The van der Waals surface area contributed by atoms with Gasteiger partial charge in [0, 0.05) is 36.3 Å². The summed E-state index contributed by atoms with van der Waals surface area (Å²) < 4.78 is 13.9. The monoisotopic (exact) mass is 282 g/mol. The number of halogens is 1. The third kappa shape index (κ3) is 3.42. The van der Waals surface area contributed by atoms with Crippen LogP contribution >= 0.6 is 11.8 Å². The van der Waals surface area contributed by atoms with Gasteiger partial charge in [-0.05, 0) is 43.7 Å². The molecule has 0 amide bonds. The Balaban J connectivity index is 2.35. The molecule has 0 bridgehead atoms. The predicted octanol–water partition coefficient (Wildman–Crippen LogP) is 3.36. The highest BCUT2D eigenvalue weighted by atomic mass is 32.2. The minimum absolute atomic E-state index is 0.102. The third-order valence-corrected chi connectivity index (χ3v) is 4.58. The Bertz CT molecular complexity index is 430. The largest absolute Gasteiger partial charge is 0.370 e. The van der Waals surface area contributed by atoms with E-state index in [4.69, 9.17) is 0 Å². The number of benzene rings is 1. The fourth-order valence-electron chi connectivity index (χ4n) is 2.52. The summed E-state index contributed by atoms with van der Waals surface area (Å²) in [7, 11) is 0. The van der Waals surface area contributed by atoms with Crippen LogP contribution in [0.15, 0.2) is 12.1 Å². The number of hydrogen-bond acceptors (Lipinski definition) is 3. The van der Waals surface area contributed by atoms with E-state index >= 15 is 0 Å². The molecule has 0 aliphatic carbocycles. The molecule has 1 atom stereocenters. The third-order valence-electron chi connectivity index (χ3n) is 3.64. The normalized spacial score (nSPS) is 17.6. The van der Waals surface area contributed by atoms with E-state index in [0.717, 1.165) is 42.3 Å². The summed E-state index contributed by atoms with van der Waals surface area (Å²) in [5.41, 5.74) is 3.02. The zero-order chi connectivity index (χ0) is 13.8. The van der Waals surface area contributed by atoms with Crippen molar-refractivity contribution in [3.63, 3.8) is 0 Å². The lowest BCUT2D eigenvalue weighted by molar-refractivity contribution is 0.578. The van der Waals surface area contributed by atoms with E-state index in [1.165, 1.54) is 5.69 Å². The predicted molar refractivity (Wildman–Crippen MR) is 82.8 cm³/mol. The molecular formula is C15H23FN2S. The number of anilines is 1. The molecule has 0 saturated carbocycles. The molecule has 1 N–H and O–H groups in total. The first-order valence-electron chi connectivity index (χ1n) is 6.99. The van der Waals surface area contributed by atoms with Crippen LogP contribution in [0.4, 0.5) is 10.1 Å². The highest BCUT2D eigenvalue weighted by Crippen LogP contribution is 2.31. The molecule has 4 heteroatoms. The van der Waals surface area contributed by atoms with Crippen molar-refractivity contribution in [1.82, 2.24) is 5.32 Å². The van der Waals surface area contributed by atoms with Crippen LogP contribution in [0.25, 0.3) is 0 Å². The molecular weight excluding hydrogens is 259 g/mol. The van der Waals surface area contributed by atoms with Gasteiger partial charge in [0.15, 0.2) is 0 Å². The van der Waals surface area contributed by atoms with Crippen molar-refractivity contribution in [1.29, 1.82) is 0 Å². The van der Waals surface area contributed by atoms with Gasteiger partial charge in [-0.25, -0.2) is 4.39 Å². The average molecular weight is 282 g/mol. The Labute approximate surface area is 119 Å². The van der Waals surface area contributed by atoms with Crippen LogP contribution in [-0.2, 0) is 0 Å². The van der Waals surface area contributed by atoms with Gasteiger partial charge in [0.25, 0.3) is 0 Å². The highest BCUT2D eigenvalue weighted by Gasteiger charge is 2.19. The number of rotatable bonds is 4. The Morgan fingerprint density at radius 1 is 1.37 bits per heavy atom. The minimum Gasteiger partial charge on any atom is -0.370 e. The fourth-order valence-corrected chi connectivity index (χ4v) is 3.43. The maximum Gasteiger partial charge on any atom is 0.126 e. The van der Waals surface area contributed by atoms with E-state index in [2.05, 4.69) is 24.1 Å². The first-order chi connectivity index (χ1) is 9.13. The van der Waals surface area contributed by atoms with Gasteiger partial charge in [-0.2, -0.15) is 11.8 Å². The van der Waals surface area contributed by atoms with Crippen molar-refractivity contribution < 1.29 is 4.39 Å². The van der Waals surface area contributed by atoms with E-state index in [1.807, 2.05) is 24.8 Å². The van der Waals surface area contributed by atoms with E-state index in [0.29, 0.717) is 0 Å². The molecule has 0 aromatic heterocycles. The Morgan fingerprint density at radius 3 is 2.68 bits per heavy atom. The SMILES string of the molecule is CCNC(C)c1cc(F)c(C)cc1N1CCSCC1. The van der Waals surface area contributed by atoms with Crippen LogP contribution in [0.1, 0.15) is 31.0 Å². The summed E-state index contributed by atoms with van der Waals surface area (Å²) in [4.78, 5) is 2.39. The standard InChI is InChI=1S/C15H23FN2S/c1-4-17-12(3)13-10-14(16)11(2)9-15(13)18-5-7-19-8-6-18/h9-10,12,17H,4-8H2,1-3H3. The molecule has 2 rings (SSSR count). The molecule has 1 aromatic carbocycles. The van der Waals surface area contributed by atoms with Gasteiger partial charge < -0.3 is 10.2 Å². The fraction of sp³-hybridized carbons (Fsp3) is 0.600. The lowest BCUT2D eigenvalue weighted by Gasteiger charge is -2.32. The molecule has 1 aliphatic rings. The molecule has 1 heterocycles. The Kier molecular flexibility index (Phi) is 5.11. The minimum atomic E-state index is -0.102. The molecule has 1 aliphatic heterocycles. The molecule has 0 spiro atoms. The van der Waals surface area contributed by atoms with Gasteiger partial charge in [-0.3, -0.25) is 0 Å². The molecule has 1 unspecified atom stereocenters. The number of thioether (sulfide) groups is 1. The lowest BCUT2D eigenvalue weighted by atomic mass is 10.0. The molecule has 106 valence electrons. The summed E-state index contributed by atoms with van der Waals surface area (Å²) >= 11 is 1.99. The second-order valence-corrected chi connectivity index (χ2v) is 6.26. The number of aryl methyl sites for hydroxylation is 1. The van der Waals surface area contributed by atoms with Crippen molar-refractivity contribution in [3.05, 3.63) is 29.1 Å². The van der Waals surface area contributed by atoms with Crippen LogP contribution in [-0.4, -0.2) is 31.1 Å².